The van der Waals surface area contributed by atoms with Crippen molar-refractivity contribution in [2.75, 3.05) is 7.05 Å². The van der Waals surface area contributed by atoms with Gasteiger partial charge in [0, 0.05) is 11.7 Å². The van der Waals surface area contributed by atoms with Crippen LogP contribution >= 0.6 is 11.6 Å². The monoisotopic (exact) mass is 264 g/mol. The zero-order valence-electron chi connectivity index (χ0n) is 9.24. The van der Waals surface area contributed by atoms with Gasteiger partial charge in [-0.3, -0.25) is 0 Å². The molecule has 0 atom stereocenters. The lowest BCUT2D eigenvalue weighted by molar-refractivity contribution is -0.137. The number of hydrogen-bond donors (Lipinski definition) is 1. The number of nitrogens with one attached hydrogen (secondary N) is 1. The molecule has 0 amide bonds. The lowest BCUT2D eigenvalue weighted by atomic mass is 10.0. The third kappa shape index (κ3) is 2.72. The molecule has 1 saturated carbocycles. The Bertz CT molecular complexity index is 427. The maximum Gasteiger partial charge on any atom is 0.417 e. The van der Waals surface area contributed by atoms with Crippen molar-refractivity contribution in [2.24, 2.45) is 0 Å². The molecule has 1 aromatic heterocycles. The van der Waals surface area contributed by atoms with Gasteiger partial charge in [-0.2, -0.15) is 13.2 Å². The number of alkyl halides is 3. The zero-order chi connectivity index (χ0) is 12.7. The third-order valence-corrected chi connectivity index (χ3v) is 3.49. The Morgan fingerprint density at radius 1 is 1.47 bits per heavy atom. The molecule has 0 aliphatic heterocycles. The Morgan fingerprint density at radius 3 is 2.59 bits per heavy atom. The van der Waals surface area contributed by atoms with Crippen LogP contribution in [-0.4, -0.2) is 17.6 Å². The molecule has 1 heterocycles. The topological polar surface area (TPSA) is 24.9 Å². The second-order valence-electron chi connectivity index (χ2n) is 4.38. The average Bonchev–Trinajstić information content (AvgIpc) is 3.00. The van der Waals surface area contributed by atoms with E-state index in [1.54, 1.807) is 0 Å². The van der Waals surface area contributed by atoms with Gasteiger partial charge in [-0.25, -0.2) is 4.98 Å². The van der Waals surface area contributed by atoms with Crippen molar-refractivity contribution in [2.45, 2.75) is 31.0 Å². The van der Waals surface area contributed by atoms with E-state index in [-0.39, 0.29) is 10.7 Å². The molecule has 1 aromatic rings. The molecule has 1 aliphatic rings. The lowest BCUT2D eigenvalue weighted by Gasteiger charge is -2.16. The van der Waals surface area contributed by atoms with Crippen molar-refractivity contribution in [1.29, 1.82) is 0 Å². The summed E-state index contributed by atoms with van der Waals surface area (Å²) in [5.41, 5.74) is -0.382. The molecule has 1 N–H and O–H groups in total. The van der Waals surface area contributed by atoms with E-state index in [0.29, 0.717) is 12.0 Å². The summed E-state index contributed by atoms with van der Waals surface area (Å²) in [6.07, 6.45) is -1.21. The SMILES string of the molecule is CNC1(Cc2cc(C(F)(F)F)cnc2Cl)CC1. The number of halogens is 4. The van der Waals surface area contributed by atoms with Crippen LogP contribution in [0.1, 0.15) is 24.0 Å². The van der Waals surface area contributed by atoms with Crippen LogP contribution < -0.4 is 5.32 Å². The van der Waals surface area contributed by atoms with Gasteiger partial charge in [0.1, 0.15) is 5.15 Å². The Labute approximate surface area is 102 Å². The van der Waals surface area contributed by atoms with Crippen LogP contribution in [0.3, 0.4) is 0 Å². The van der Waals surface area contributed by atoms with E-state index >= 15 is 0 Å². The summed E-state index contributed by atoms with van der Waals surface area (Å²) in [5.74, 6) is 0. The number of likely N-dealkylation sites (N-methyl/N-ethyl adjacent to an activating group) is 1. The molecule has 0 saturated heterocycles. The van der Waals surface area contributed by atoms with E-state index in [1.165, 1.54) is 0 Å². The molecule has 94 valence electrons. The molecule has 0 aromatic carbocycles. The summed E-state index contributed by atoms with van der Waals surface area (Å²) in [6.45, 7) is 0. The number of pyridine rings is 1. The van der Waals surface area contributed by atoms with Gasteiger partial charge in [0.25, 0.3) is 0 Å². The molecule has 2 rings (SSSR count). The highest BCUT2D eigenvalue weighted by Crippen LogP contribution is 2.40. The van der Waals surface area contributed by atoms with Crippen LogP contribution in [0.15, 0.2) is 12.3 Å². The van der Waals surface area contributed by atoms with E-state index in [2.05, 4.69) is 10.3 Å². The summed E-state index contributed by atoms with van der Waals surface area (Å²) >= 11 is 5.83. The van der Waals surface area contributed by atoms with Crippen LogP contribution in [0.25, 0.3) is 0 Å². The molecule has 1 aliphatic carbocycles. The van der Waals surface area contributed by atoms with Gasteiger partial charge >= 0.3 is 6.18 Å². The van der Waals surface area contributed by atoms with Gasteiger partial charge in [-0.15, -0.1) is 0 Å². The van der Waals surface area contributed by atoms with Crippen molar-refractivity contribution in [3.05, 3.63) is 28.5 Å². The van der Waals surface area contributed by atoms with Crippen LogP contribution in [-0.2, 0) is 12.6 Å². The van der Waals surface area contributed by atoms with Crippen molar-refractivity contribution in [1.82, 2.24) is 10.3 Å². The molecule has 17 heavy (non-hydrogen) atoms. The molecule has 0 radical (unpaired) electrons. The average molecular weight is 265 g/mol. The second-order valence-corrected chi connectivity index (χ2v) is 4.74. The molecule has 1 fully saturated rings. The molecule has 6 heteroatoms. The molecular weight excluding hydrogens is 253 g/mol. The first-order chi connectivity index (χ1) is 7.86. The third-order valence-electron chi connectivity index (χ3n) is 3.15. The van der Waals surface area contributed by atoms with Gasteiger partial charge in [-0.05, 0) is 37.9 Å². The Morgan fingerprint density at radius 2 is 2.12 bits per heavy atom. The summed E-state index contributed by atoms with van der Waals surface area (Å²) in [5, 5.41) is 3.27. The van der Waals surface area contributed by atoms with Gasteiger partial charge in [0.05, 0.1) is 5.56 Å². The lowest BCUT2D eigenvalue weighted by Crippen LogP contribution is -2.29. The number of nitrogens with zero attached hydrogens (tertiary/aromatic N) is 1. The number of aromatic nitrogens is 1. The largest absolute Gasteiger partial charge is 0.417 e. The van der Waals surface area contributed by atoms with E-state index in [4.69, 9.17) is 11.6 Å². The van der Waals surface area contributed by atoms with E-state index in [1.807, 2.05) is 7.05 Å². The van der Waals surface area contributed by atoms with Crippen LogP contribution in [0.5, 0.6) is 0 Å². The van der Waals surface area contributed by atoms with Gasteiger partial charge in [-0.1, -0.05) is 11.6 Å². The Hall–Kier alpha value is -0.810. The Balaban J connectivity index is 2.27. The van der Waals surface area contributed by atoms with Crippen molar-refractivity contribution >= 4 is 11.6 Å². The van der Waals surface area contributed by atoms with Crippen molar-refractivity contribution in [3.63, 3.8) is 0 Å². The number of hydrogen-bond acceptors (Lipinski definition) is 2. The molecule has 0 unspecified atom stereocenters. The summed E-state index contributed by atoms with van der Waals surface area (Å²) < 4.78 is 37.6. The molecule has 0 spiro atoms. The van der Waals surface area contributed by atoms with Gasteiger partial charge in [0.15, 0.2) is 0 Å². The molecule has 0 bridgehead atoms. The van der Waals surface area contributed by atoms with Gasteiger partial charge in [0.2, 0.25) is 0 Å². The maximum atomic E-state index is 12.5. The Kier molecular flexibility index (Phi) is 3.08. The van der Waals surface area contributed by atoms with E-state index in [9.17, 15) is 13.2 Å². The molecular formula is C11H12ClF3N2. The second kappa shape index (κ2) is 4.14. The van der Waals surface area contributed by atoms with Crippen LogP contribution in [0.2, 0.25) is 5.15 Å². The highest BCUT2D eigenvalue weighted by Gasteiger charge is 2.42. The fraction of sp³-hybridized carbons (Fsp3) is 0.545. The fourth-order valence-corrected chi connectivity index (χ4v) is 1.97. The maximum absolute atomic E-state index is 12.5. The standard InChI is InChI=1S/C11H12ClF3N2/c1-16-10(2-3-10)5-7-4-8(11(13,14)15)6-17-9(7)12/h4,6,16H,2-3,5H2,1H3. The fourth-order valence-electron chi connectivity index (χ4n) is 1.80. The van der Waals surface area contributed by atoms with Crippen molar-refractivity contribution < 1.29 is 13.2 Å². The normalized spacial score (nSPS) is 18.2. The minimum absolute atomic E-state index is 0.0878. The zero-order valence-corrected chi connectivity index (χ0v) is 9.99. The first-order valence-corrected chi connectivity index (χ1v) is 5.65. The highest BCUT2D eigenvalue weighted by atomic mass is 35.5. The summed E-state index contributed by atoms with van der Waals surface area (Å²) in [6, 6.07) is 1.09. The smallest absolute Gasteiger partial charge is 0.314 e. The van der Waals surface area contributed by atoms with E-state index in [0.717, 1.165) is 25.1 Å². The summed E-state index contributed by atoms with van der Waals surface area (Å²) in [7, 11) is 1.81. The highest BCUT2D eigenvalue weighted by molar-refractivity contribution is 6.30. The summed E-state index contributed by atoms with van der Waals surface area (Å²) in [4.78, 5) is 3.61. The predicted octanol–water partition coefficient (Wildman–Crippen LogP) is 3.05. The first-order valence-electron chi connectivity index (χ1n) is 5.27. The van der Waals surface area contributed by atoms with Crippen molar-refractivity contribution in [3.8, 4) is 0 Å². The van der Waals surface area contributed by atoms with Crippen LogP contribution in [0, 0.1) is 0 Å². The predicted molar refractivity (Wildman–Crippen MR) is 59.0 cm³/mol. The minimum Gasteiger partial charge on any atom is -0.314 e. The molecule has 2 nitrogen and oxygen atoms in total. The van der Waals surface area contributed by atoms with Gasteiger partial charge < -0.3 is 5.32 Å². The van der Waals surface area contributed by atoms with E-state index < -0.39 is 11.7 Å². The van der Waals surface area contributed by atoms with Crippen LogP contribution in [0.4, 0.5) is 13.2 Å². The quantitative estimate of drug-likeness (QED) is 0.849. The number of rotatable bonds is 3. The first kappa shape index (κ1) is 12.6. The minimum atomic E-state index is -4.37.